The largest absolute Gasteiger partial charge is 0.508 e. The van der Waals surface area contributed by atoms with Gasteiger partial charge < -0.3 is 10.8 Å². The highest BCUT2D eigenvalue weighted by molar-refractivity contribution is 5.67. The van der Waals surface area contributed by atoms with Gasteiger partial charge in [0.1, 0.15) is 11.6 Å². The van der Waals surface area contributed by atoms with Crippen molar-refractivity contribution in [3.63, 3.8) is 0 Å². The number of hydrogen-bond acceptors (Lipinski definition) is 3. The highest BCUT2D eigenvalue weighted by Crippen LogP contribution is 2.24. The van der Waals surface area contributed by atoms with Gasteiger partial charge in [0, 0.05) is 11.3 Å². The third kappa shape index (κ3) is 1.91. The summed E-state index contributed by atoms with van der Waals surface area (Å²) in [5.41, 5.74) is 8.53. The van der Waals surface area contributed by atoms with Crippen LogP contribution in [0.25, 0.3) is 11.1 Å². The second-order valence-electron chi connectivity index (χ2n) is 3.42. The molecule has 1 heterocycles. The standard InChI is InChI=1S/C12H12N2O/c1-8-11(6-7-12(13)14-8)9-2-4-10(15)5-3-9/h2-7,15H,1H3,(H2,13,14). The maximum absolute atomic E-state index is 9.18. The number of phenols is 1. The van der Waals surface area contributed by atoms with Crippen LogP contribution in [0.4, 0.5) is 5.82 Å². The molecule has 15 heavy (non-hydrogen) atoms. The number of aromatic nitrogens is 1. The Morgan fingerprint density at radius 3 is 2.33 bits per heavy atom. The van der Waals surface area contributed by atoms with Crippen molar-refractivity contribution in [2.45, 2.75) is 6.92 Å². The van der Waals surface area contributed by atoms with E-state index in [1.165, 1.54) is 0 Å². The average Bonchev–Trinajstić information content (AvgIpc) is 2.20. The lowest BCUT2D eigenvalue weighted by atomic mass is 10.0. The average molecular weight is 200 g/mol. The summed E-state index contributed by atoms with van der Waals surface area (Å²) in [6.45, 7) is 1.92. The number of nitrogens with two attached hydrogens (primary N) is 1. The molecule has 0 aliphatic carbocycles. The third-order valence-electron chi connectivity index (χ3n) is 2.29. The van der Waals surface area contributed by atoms with Crippen LogP contribution in [0.3, 0.4) is 0 Å². The molecule has 3 heteroatoms. The van der Waals surface area contributed by atoms with Crippen molar-refractivity contribution in [1.29, 1.82) is 0 Å². The van der Waals surface area contributed by atoms with Crippen LogP contribution in [-0.2, 0) is 0 Å². The summed E-state index contributed by atoms with van der Waals surface area (Å²) in [6.07, 6.45) is 0. The first-order valence-corrected chi connectivity index (χ1v) is 4.69. The van der Waals surface area contributed by atoms with E-state index in [2.05, 4.69) is 4.98 Å². The maximum Gasteiger partial charge on any atom is 0.123 e. The smallest absolute Gasteiger partial charge is 0.123 e. The highest BCUT2D eigenvalue weighted by Gasteiger charge is 2.02. The number of nitrogens with zero attached hydrogens (tertiary/aromatic N) is 1. The molecule has 0 aliphatic rings. The first-order valence-electron chi connectivity index (χ1n) is 4.69. The first kappa shape index (κ1) is 9.52. The minimum Gasteiger partial charge on any atom is -0.508 e. The van der Waals surface area contributed by atoms with E-state index < -0.39 is 0 Å². The molecule has 1 aromatic heterocycles. The fourth-order valence-corrected chi connectivity index (χ4v) is 1.53. The fourth-order valence-electron chi connectivity index (χ4n) is 1.53. The lowest BCUT2D eigenvalue weighted by Gasteiger charge is -2.05. The zero-order valence-electron chi connectivity index (χ0n) is 8.44. The summed E-state index contributed by atoms with van der Waals surface area (Å²) in [7, 11) is 0. The van der Waals surface area contributed by atoms with Gasteiger partial charge in [-0.05, 0) is 36.8 Å². The molecule has 0 atom stereocenters. The van der Waals surface area contributed by atoms with Gasteiger partial charge in [-0.15, -0.1) is 0 Å². The van der Waals surface area contributed by atoms with E-state index in [-0.39, 0.29) is 5.75 Å². The van der Waals surface area contributed by atoms with Crippen molar-refractivity contribution >= 4 is 5.82 Å². The molecule has 0 saturated heterocycles. The van der Waals surface area contributed by atoms with Gasteiger partial charge in [-0.25, -0.2) is 4.98 Å². The van der Waals surface area contributed by atoms with Gasteiger partial charge in [-0.3, -0.25) is 0 Å². The monoisotopic (exact) mass is 200 g/mol. The molecule has 0 saturated carbocycles. The second kappa shape index (κ2) is 3.61. The van der Waals surface area contributed by atoms with Crippen LogP contribution in [0, 0.1) is 6.92 Å². The summed E-state index contributed by atoms with van der Waals surface area (Å²) in [5, 5.41) is 9.18. The maximum atomic E-state index is 9.18. The topological polar surface area (TPSA) is 59.1 Å². The summed E-state index contributed by atoms with van der Waals surface area (Å²) >= 11 is 0. The van der Waals surface area contributed by atoms with Crippen molar-refractivity contribution < 1.29 is 5.11 Å². The van der Waals surface area contributed by atoms with E-state index in [1.807, 2.05) is 25.1 Å². The minimum atomic E-state index is 0.264. The van der Waals surface area contributed by atoms with E-state index >= 15 is 0 Å². The zero-order valence-corrected chi connectivity index (χ0v) is 8.44. The Kier molecular flexibility index (Phi) is 2.29. The Morgan fingerprint density at radius 1 is 1.07 bits per heavy atom. The molecular formula is C12H12N2O. The highest BCUT2D eigenvalue weighted by atomic mass is 16.3. The minimum absolute atomic E-state index is 0.264. The quantitative estimate of drug-likeness (QED) is 0.742. The SMILES string of the molecule is Cc1nc(N)ccc1-c1ccc(O)cc1. The fraction of sp³-hybridized carbons (Fsp3) is 0.0833. The molecule has 0 unspecified atom stereocenters. The van der Waals surface area contributed by atoms with Gasteiger partial charge in [0.25, 0.3) is 0 Å². The number of hydrogen-bond donors (Lipinski definition) is 2. The van der Waals surface area contributed by atoms with Crippen LogP contribution in [0.15, 0.2) is 36.4 Å². The summed E-state index contributed by atoms with van der Waals surface area (Å²) in [4.78, 5) is 4.19. The van der Waals surface area contributed by atoms with Crippen LogP contribution < -0.4 is 5.73 Å². The van der Waals surface area contributed by atoms with Crippen molar-refractivity contribution in [3.05, 3.63) is 42.1 Å². The predicted molar refractivity (Wildman–Crippen MR) is 60.5 cm³/mol. The Balaban J connectivity index is 2.49. The normalized spacial score (nSPS) is 10.2. The van der Waals surface area contributed by atoms with Crippen LogP contribution in [0.2, 0.25) is 0 Å². The van der Waals surface area contributed by atoms with Crippen LogP contribution in [-0.4, -0.2) is 10.1 Å². The Labute approximate surface area is 88.2 Å². The zero-order chi connectivity index (χ0) is 10.8. The molecule has 1 aromatic carbocycles. The number of aromatic hydroxyl groups is 1. The lowest BCUT2D eigenvalue weighted by Crippen LogP contribution is -1.93. The van der Waals surface area contributed by atoms with Crippen molar-refractivity contribution in [2.24, 2.45) is 0 Å². The molecule has 0 radical (unpaired) electrons. The summed E-state index contributed by atoms with van der Waals surface area (Å²) in [6, 6.07) is 10.7. The summed E-state index contributed by atoms with van der Waals surface area (Å²) in [5.74, 6) is 0.787. The number of rotatable bonds is 1. The molecular weight excluding hydrogens is 188 g/mol. The molecule has 2 rings (SSSR count). The molecule has 3 N–H and O–H groups in total. The van der Waals surface area contributed by atoms with Gasteiger partial charge in [-0.1, -0.05) is 12.1 Å². The van der Waals surface area contributed by atoms with E-state index in [1.54, 1.807) is 18.2 Å². The van der Waals surface area contributed by atoms with Crippen molar-refractivity contribution in [3.8, 4) is 16.9 Å². The number of benzene rings is 1. The van der Waals surface area contributed by atoms with Crippen molar-refractivity contribution in [2.75, 3.05) is 5.73 Å². The number of pyridine rings is 1. The first-order chi connectivity index (χ1) is 7.16. The Hall–Kier alpha value is -2.03. The Bertz CT molecular complexity index is 477. The van der Waals surface area contributed by atoms with E-state index in [0.29, 0.717) is 5.82 Å². The molecule has 3 nitrogen and oxygen atoms in total. The van der Waals surface area contributed by atoms with Crippen molar-refractivity contribution in [1.82, 2.24) is 4.98 Å². The molecule has 0 amide bonds. The van der Waals surface area contributed by atoms with Crippen LogP contribution in [0.5, 0.6) is 5.75 Å². The van der Waals surface area contributed by atoms with Crippen LogP contribution >= 0.6 is 0 Å². The van der Waals surface area contributed by atoms with E-state index in [0.717, 1.165) is 16.8 Å². The van der Waals surface area contributed by atoms with Gasteiger partial charge in [0.05, 0.1) is 0 Å². The Morgan fingerprint density at radius 2 is 1.73 bits per heavy atom. The molecule has 0 bridgehead atoms. The van der Waals surface area contributed by atoms with Gasteiger partial charge >= 0.3 is 0 Å². The molecule has 2 aromatic rings. The third-order valence-corrected chi connectivity index (χ3v) is 2.29. The van der Waals surface area contributed by atoms with Gasteiger partial charge in [-0.2, -0.15) is 0 Å². The second-order valence-corrected chi connectivity index (χ2v) is 3.42. The van der Waals surface area contributed by atoms with Gasteiger partial charge in [0.15, 0.2) is 0 Å². The lowest BCUT2D eigenvalue weighted by molar-refractivity contribution is 0.475. The number of nitrogen functional groups attached to an aromatic ring is 1. The van der Waals surface area contributed by atoms with Gasteiger partial charge in [0.2, 0.25) is 0 Å². The number of phenolic OH excluding ortho intramolecular Hbond substituents is 1. The number of aryl methyl sites for hydroxylation is 1. The molecule has 76 valence electrons. The number of anilines is 1. The molecule has 0 fully saturated rings. The summed E-state index contributed by atoms with van der Waals surface area (Å²) < 4.78 is 0. The molecule has 0 spiro atoms. The molecule has 0 aliphatic heterocycles. The van der Waals surface area contributed by atoms with E-state index in [9.17, 15) is 5.11 Å². The predicted octanol–water partition coefficient (Wildman–Crippen LogP) is 2.34. The van der Waals surface area contributed by atoms with Crippen LogP contribution in [0.1, 0.15) is 5.69 Å². The van der Waals surface area contributed by atoms with E-state index in [4.69, 9.17) is 5.73 Å².